The number of nitrogens with zero attached hydrogens (tertiary/aromatic N) is 2. The standard InChI is InChI=1S/C18H23N3O2/c1-13-4-7-16(8-5-13)23-12-14-6-9-17(20-14)18(22)21-10-2-3-15(21)11-19/h4-5,7-8,14-15,17,20H,2-3,6,9-10,12H2,1H3. The molecule has 3 atom stereocenters. The van der Waals surface area contributed by atoms with Crippen molar-refractivity contribution in [3.8, 4) is 11.8 Å². The Morgan fingerprint density at radius 1 is 1.35 bits per heavy atom. The van der Waals surface area contributed by atoms with Crippen molar-refractivity contribution in [2.24, 2.45) is 0 Å². The second-order valence-electron chi connectivity index (χ2n) is 6.44. The molecule has 0 spiro atoms. The van der Waals surface area contributed by atoms with Gasteiger partial charge in [-0.2, -0.15) is 5.26 Å². The van der Waals surface area contributed by atoms with Crippen LogP contribution >= 0.6 is 0 Å². The molecule has 1 aromatic carbocycles. The first-order valence-corrected chi connectivity index (χ1v) is 8.33. The summed E-state index contributed by atoms with van der Waals surface area (Å²) in [5.74, 6) is 0.933. The highest BCUT2D eigenvalue weighted by Gasteiger charge is 2.36. The summed E-state index contributed by atoms with van der Waals surface area (Å²) in [4.78, 5) is 14.3. The largest absolute Gasteiger partial charge is 0.492 e. The van der Waals surface area contributed by atoms with E-state index in [4.69, 9.17) is 10.00 Å². The number of carbonyl (C=O) groups excluding carboxylic acids is 1. The van der Waals surface area contributed by atoms with E-state index in [1.54, 1.807) is 4.90 Å². The molecular formula is C18H23N3O2. The first-order valence-electron chi connectivity index (χ1n) is 8.33. The molecule has 0 bridgehead atoms. The van der Waals surface area contributed by atoms with Crippen molar-refractivity contribution in [3.63, 3.8) is 0 Å². The number of rotatable bonds is 4. The molecule has 1 aromatic rings. The molecule has 2 heterocycles. The van der Waals surface area contributed by atoms with E-state index in [0.717, 1.165) is 31.4 Å². The van der Waals surface area contributed by atoms with E-state index < -0.39 is 0 Å². The van der Waals surface area contributed by atoms with Crippen LogP contribution in [-0.4, -0.2) is 42.1 Å². The van der Waals surface area contributed by atoms with Gasteiger partial charge in [-0.1, -0.05) is 17.7 Å². The van der Waals surface area contributed by atoms with Gasteiger partial charge in [-0.05, 0) is 44.7 Å². The van der Waals surface area contributed by atoms with Crippen LogP contribution in [-0.2, 0) is 4.79 Å². The van der Waals surface area contributed by atoms with Gasteiger partial charge in [0.05, 0.1) is 12.1 Å². The minimum absolute atomic E-state index is 0.0758. The highest BCUT2D eigenvalue weighted by atomic mass is 16.5. The van der Waals surface area contributed by atoms with E-state index in [-0.39, 0.29) is 24.0 Å². The number of aryl methyl sites for hydroxylation is 1. The summed E-state index contributed by atoms with van der Waals surface area (Å²) < 4.78 is 5.80. The van der Waals surface area contributed by atoms with Crippen LogP contribution in [0.3, 0.4) is 0 Å². The minimum atomic E-state index is -0.243. The van der Waals surface area contributed by atoms with Gasteiger partial charge in [0.2, 0.25) is 5.91 Å². The minimum Gasteiger partial charge on any atom is -0.492 e. The average Bonchev–Trinajstić information content (AvgIpc) is 3.23. The molecule has 0 aromatic heterocycles. The van der Waals surface area contributed by atoms with E-state index in [9.17, 15) is 4.79 Å². The molecular weight excluding hydrogens is 290 g/mol. The van der Waals surface area contributed by atoms with Crippen LogP contribution in [0.1, 0.15) is 31.2 Å². The Hall–Kier alpha value is -2.06. The first-order chi connectivity index (χ1) is 11.2. The third-order valence-electron chi connectivity index (χ3n) is 4.70. The molecule has 0 saturated carbocycles. The Labute approximate surface area is 137 Å². The summed E-state index contributed by atoms with van der Waals surface area (Å²) in [6.07, 6.45) is 3.47. The van der Waals surface area contributed by atoms with E-state index in [2.05, 4.69) is 11.4 Å². The molecule has 3 rings (SSSR count). The van der Waals surface area contributed by atoms with Gasteiger partial charge >= 0.3 is 0 Å². The number of nitriles is 1. The lowest BCUT2D eigenvalue weighted by molar-refractivity contribution is -0.133. The summed E-state index contributed by atoms with van der Waals surface area (Å²) in [7, 11) is 0. The maximum Gasteiger partial charge on any atom is 0.240 e. The molecule has 3 unspecified atom stereocenters. The normalized spacial score (nSPS) is 27.0. The highest BCUT2D eigenvalue weighted by Crippen LogP contribution is 2.22. The smallest absolute Gasteiger partial charge is 0.240 e. The molecule has 1 N–H and O–H groups in total. The van der Waals surface area contributed by atoms with Gasteiger partial charge in [-0.25, -0.2) is 0 Å². The lowest BCUT2D eigenvalue weighted by Gasteiger charge is -2.24. The number of benzene rings is 1. The summed E-state index contributed by atoms with van der Waals surface area (Å²) in [6.45, 7) is 3.32. The fourth-order valence-electron chi connectivity index (χ4n) is 3.34. The second kappa shape index (κ2) is 7.01. The second-order valence-corrected chi connectivity index (χ2v) is 6.44. The molecule has 5 heteroatoms. The van der Waals surface area contributed by atoms with Crippen molar-refractivity contribution in [2.45, 2.75) is 50.7 Å². The molecule has 2 fully saturated rings. The van der Waals surface area contributed by atoms with Crippen LogP contribution in [0.2, 0.25) is 0 Å². The molecule has 0 aliphatic carbocycles. The summed E-state index contributed by atoms with van der Waals surface area (Å²) in [6, 6.07) is 10.00. The van der Waals surface area contributed by atoms with Gasteiger partial charge in [0, 0.05) is 12.6 Å². The Bertz CT molecular complexity index is 593. The first kappa shape index (κ1) is 15.8. The number of amides is 1. The monoisotopic (exact) mass is 313 g/mol. The predicted molar refractivity (Wildman–Crippen MR) is 87.0 cm³/mol. The van der Waals surface area contributed by atoms with Gasteiger partial charge in [0.25, 0.3) is 0 Å². The lowest BCUT2D eigenvalue weighted by atomic mass is 10.1. The molecule has 2 saturated heterocycles. The topological polar surface area (TPSA) is 65.4 Å². The fraction of sp³-hybridized carbons (Fsp3) is 0.556. The number of nitrogens with one attached hydrogen (secondary N) is 1. The zero-order chi connectivity index (χ0) is 16.2. The van der Waals surface area contributed by atoms with Gasteiger partial charge in [0.15, 0.2) is 0 Å². The van der Waals surface area contributed by atoms with Crippen LogP contribution in [0.15, 0.2) is 24.3 Å². The summed E-state index contributed by atoms with van der Waals surface area (Å²) in [5, 5.41) is 12.5. The average molecular weight is 313 g/mol. The van der Waals surface area contributed by atoms with Crippen molar-refractivity contribution in [1.29, 1.82) is 5.26 Å². The maximum absolute atomic E-state index is 12.5. The Morgan fingerprint density at radius 3 is 2.87 bits per heavy atom. The van der Waals surface area contributed by atoms with E-state index in [1.807, 2.05) is 31.2 Å². The van der Waals surface area contributed by atoms with Crippen LogP contribution in [0.25, 0.3) is 0 Å². The quantitative estimate of drug-likeness (QED) is 0.923. The van der Waals surface area contributed by atoms with Crippen molar-refractivity contribution in [1.82, 2.24) is 10.2 Å². The highest BCUT2D eigenvalue weighted by molar-refractivity contribution is 5.83. The zero-order valence-electron chi connectivity index (χ0n) is 13.5. The zero-order valence-corrected chi connectivity index (χ0v) is 13.5. The van der Waals surface area contributed by atoms with Crippen molar-refractivity contribution in [2.75, 3.05) is 13.2 Å². The number of hydrogen-bond acceptors (Lipinski definition) is 4. The SMILES string of the molecule is Cc1ccc(OCC2CCC(C(=O)N3CCCC3C#N)N2)cc1. The third-order valence-corrected chi connectivity index (χ3v) is 4.70. The third kappa shape index (κ3) is 3.65. The maximum atomic E-state index is 12.5. The Balaban J connectivity index is 1.49. The van der Waals surface area contributed by atoms with Crippen LogP contribution in [0, 0.1) is 18.3 Å². The molecule has 2 aliphatic heterocycles. The van der Waals surface area contributed by atoms with Crippen molar-refractivity contribution >= 4 is 5.91 Å². The molecule has 122 valence electrons. The molecule has 23 heavy (non-hydrogen) atoms. The van der Waals surface area contributed by atoms with E-state index in [1.165, 1.54) is 5.56 Å². The van der Waals surface area contributed by atoms with E-state index >= 15 is 0 Å². The molecule has 5 nitrogen and oxygen atoms in total. The van der Waals surface area contributed by atoms with Gasteiger partial charge in [-0.15, -0.1) is 0 Å². The summed E-state index contributed by atoms with van der Waals surface area (Å²) >= 11 is 0. The van der Waals surface area contributed by atoms with Gasteiger partial charge < -0.3 is 9.64 Å². The number of carbonyl (C=O) groups is 1. The fourth-order valence-corrected chi connectivity index (χ4v) is 3.34. The van der Waals surface area contributed by atoms with Crippen LogP contribution < -0.4 is 10.1 Å². The molecule has 2 aliphatic rings. The lowest BCUT2D eigenvalue weighted by Crippen LogP contribution is -2.47. The van der Waals surface area contributed by atoms with E-state index in [0.29, 0.717) is 13.2 Å². The van der Waals surface area contributed by atoms with Gasteiger partial charge in [0.1, 0.15) is 18.4 Å². The molecule has 1 amide bonds. The summed E-state index contributed by atoms with van der Waals surface area (Å²) in [5.41, 5.74) is 1.21. The Kier molecular flexibility index (Phi) is 4.82. The predicted octanol–water partition coefficient (Wildman–Crippen LogP) is 2.01. The number of hydrogen-bond donors (Lipinski definition) is 1. The number of likely N-dealkylation sites (tertiary alicyclic amines) is 1. The number of ether oxygens (including phenoxy) is 1. The van der Waals surface area contributed by atoms with Crippen LogP contribution in [0.4, 0.5) is 0 Å². The van der Waals surface area contributed by atoms with Gasteiger partial charge in [-0.3, -0.25) is 10.1 Å². The van der Waals surface area contributed by atoms with Crippen molar-refractivity contribution < 1.29 is 9.53 Å². The Morgan fingerprint density at radius 2 is 2.13 bits per heavy atom. The van der Waals surface area contributed by atoms with Crippen molar-refractivity contribution in [3.05, 3.63) is 29.8 Å². The van der Waals surface area contributed by atoms with Crippen LogP contribution in [0.5, 0.6) is 5.75 Å². The molecule has 0 radical (unpaired) electrons.